The summed E-state index contributed by atoms with van der Waals surface area (Å²) >= 11 is 2.19. The van der Waals surface area contributed by atoms with Crippen molar-refractivity contribution in [2.24, 2.45) is 5.73 Å². The quantitative estimate of drug-likeness (QED) is 0.726. The van der Waals surface area contributed by atoms with E-state index in [1.165, 1.54) is 44.9 Å². The van der Waals surface area contributed by atoms with Crippen molar-refractivity contribution in [3.63, 3.8) is 0 Å². The Hall–Kier alpha value is 0.0500. The molecule has 2 aliphatic carbocycles. The van der Waals surface area contributed by atoms with Crippen LogP contribution in [0.2, 0.25) is 0 Å². The number of nitrogens with two attached hydrogens (primary N) is 1. The molecule has 2 N–H and O–H groups in total. The minimum absolute atomic E-state index is 0.377. The first-order valence-electron chi connectivity index (χ1n) is 5.88. The molecule has 0 heterocycles. The van der Waals surface area contributed by atoms with Gasteiger partial charge in [-0.05, 0) is 25.7 Å². The van der Waals surface area contributed by atoms with Gasteiger partial charge in [-0.3, -0.25) is 0 Å². The van der Waals surface area contributed by atoms with Crippen LogP contribution in [0.5, 0.6) is 0 Å². The van der Waals surface area contributed by atoms with Crippen molar-refractivity contribution in [3.8, 4) is 0 Å². The van der Waals surface area contributed by atoms with E-state index in [0.717, 1.165) is 11.8 Å². The zero-order chi connectivity index (χ0) is 9.86. The van der Waals surface area contributed by atoms with Crippen molar-refractivity contribution >= 4 is 11.8 Å². The predicted octanol–water partition coefficient (Wildman–Crippen LogP) is 3.10. The second-order valence-electron chi connectivity index (χ2n) is 4.64. The summed E-state index contributed by atoms with van der Waals surface area (Å²) in [5.41, 5.74) is 5.93. The average Bonchev–Trinajstić information content (AvgIpc) is 2.69. The van der Waals surface area contributed by atoms with Crippen LogP contribution in [0.25, 0.3) is 0 Å². The van der Waals surface area contributed by atoms with E-state index in [9.17, 15) is 0 Å². The Balaban J connectivity index is 1.87. The molecule has 80 valence electrons. The minimum atomic E-state index is 0.377. The van der Waals surface area contributed by atoms with Crippen molar-refractivity contribution in [2.45, 2.75) is 54.9 Å². The summed E-state index contributed by atoms with van der Waals surface area (Å²) in [6, 6.07) is 0. The Bertz CT molecular complexity index is 198. The van der Waals surface area contributed by atoms with Gasteiger partial charge in [0.2, 0.25) is 0 Å². The molecule has 0 bridgehead atoms. The Morgan fingerprint density at radius 2 is 1.79 bits per heavy atom. The average molecular weight is 211 g/mol. The summed E-state index contributed by atoms with van der Waals surface area (Å²) < 4.78 is 0.377. The van der Waals surface area contributed by atoms with Crippen molar-refractivity contribution in [1.29, 1.82) is 0 Å². The molecule has 0 radical (unpaired) electrons. The van der Waals surface area contributed by atoms with Gasteiger partial charge in [-0.2, -0.15) is 0 Å². The molecule has 0 amide bonds. The van der Waals surface area contributed by atoms with E-state index in [1.54, 1.807) is 0 Å². The maximum absolute atomic E-state index is 5.93. The van der Waals surface area contributed by atoms with Crippen LogP contribution in [0.4, 0.5) is 0 Å². The van der Waals surface area contributed by atoms with Crippen LogP contribution in [-0.2, 0) is 0 Å². The first kappa shape index (κ1) is 10.6. The zero-order valence-corrected chi connectivity index (χ0v) is 9.69. The number of rotatable bonds is 3. The topological polar surface area (TPSA) is 26.0 Å². The minimum Gasteiger partial charge on any atom is -0.329 e. The molecule has 0 aliphatic heterocycles. The zero-order valence-electron chi connectivity index (χ0n) is 8.87. The van der Waals surface area contributed by atoms with Gasteiger partial charge in [0.05, 0.1) is 0 Å². The Morgan fingerprint density at radius 3 is 2.36 bits per heavy atom. The predicted molar refractivity (Wildman–Crippen MR) is 64.6 cm³/mol. The monoisotopic (exact) mass is 211 g/mol. The standard InChI is InChI=1S/C12H21NS/c13-10-12(8-4-5-9-12)14-11-6-2-1-3-7-11/h4-5,11H,1-3,6-10,13H2. The number of thioether (sulfide) groups is 1. The van der Waals surface area contributed by atoms with Gasteiger partial charge in [0, 0.05) is 16.5 Å². The lowest BCUT2D eigenvalue weighted by molar-refractivity contribution is 0.508. The molecule has 0 spiro atoms. The SMILES string of the molecule is NCC1(SC2CCCCC2)CC=CC1. The highest BCUT2D eigenvalue weighted by Crippen LogP contribution is 2.43. The first-order chi connectivity index (χ1) is 6.85. The summed E-state index contributed by atoms with van der Waals surface area (Å²) in [5.74, 6) is 0. The molecular weight excluding hydrogens is 190 g/mol. The number of hydrogen-bond acceptors (Lipinski definition) is 2. The van der Waals surface area contributed by atoms with Crippen molar-refractivity contribution in [2.75, 3.05) is 6.54 Å². The fourth-order valence-electron chi connectivity index (χ4n) is 2.53. The van der Waals surface area contributed by atoms with Crippen molar-refractivity contribution in [1.82, 2.24) is 0 Å². The Kier molecular flexibility index (Phi) is 3.56. The van der Waals surface area contributed by atoms with Crippen LogP contribution in [0.1, 0.15) is 44.9 Å². The van der Waals surface area contributed by atoms with Gasteiger partial charge in [0.1, 0.15) is 0 Å². The Morgan fingerprint density at radius 1 is 1.14 bits per heavy atom. The van der Waals surface area contributed by atoms with Crippen LogP contribution in [0, 0.1) is 0 Å². The molecule has 0 aromatic heterocycles. The summed E-state index contributed by atoms with van der Waals surface area (Å²) in [4.78, 5) is 0. The smallest absolute Gasteiger partial charge is 0.0353 e. The lowest BCUT2D eigenvalue weighted by Crippen LogP contribution is -2.34. The molecule has 0 aromatic rings. The molecule has 1 fully saturated rings. The van der Waals surface area contributed by atoms with Gasteiger partial charge >= 0.3 is 0 Å². The van der Waals surface area contributed by atoms with Crippen LogP contribution < -0.4 is 5.73 Å². The van der Waals surface area contributed by atoms with Crippen LogP contribution >= 0.6 is 11.8 Å². The largest absolute Gasteiger partial charge is 0.329 e. The van der Waals surface area contributed by atoms with E-state index < -0.39 is 0 Å². The van der Waals surface area contributed by atoms with E-state index in [4.69, 9.17) is 5.73 Å². The van der Waals surface area contributed by atoms with E-state index in [-0.39, 0.29) is 0 Å². The van der Waals surface area contributed by atoms with Gasteiger partial charge < -0.3 is 5.73 Å². The molecule has 1 saturated carbocycles. The third-order valence-corrected chi connectivity index (χ3v) is 5.29. The van der Waals surface area contributed by atoms with Gasteiger partial charge in [-0.15, -0.1) is 11.8 Å². The lowest BCUT2D eigenvalue weighted by atomic mass is 10.0. The molecule has 0 atom stereocenters. The van der Waals surface area contributed by atoms with Gasteiger partial charge in [-0.1, -0.05) is 31.4 Å². The van der Waals surface area contributed by atoms with Crippen LogP contribution in [0.15, 0.2) is 12.2 Å². The molecule has 2 heteroatoms. The van der Waals surface area contributed by atoms with Crippen LogP contribution in [0.3, 0.4) is 0 Å². The van der Waals surface area contributed by atoms with Gasteiger partial charge in [-0.25, -0.2) is 0 Å². The third kappa shape index (κ3) is 2.34. The van der Waals surface area contributed by atoms with E-state index in [0.29, 0.717) is 4.75 Å². The Labute approximate surface area is 91.5 Å². The lowest BCUT2D eigenvalue weighted by Gasteiger charge is -2.33. The molecule has 14 heavy (non-hydrogen) atoms. The van der Waals surface area contributed by atoms with Gasteiger partial charge in [0.15, 0.2) is 0 Å². The summed E-state index contributed by atoms with van der Waals surface area (Å²) in [6.45, 7) is 0.848. The normalized spacial score (nSPS) is 26.9. The van der Waals surface area contributed by atoms with Crippen molar-refractivity contribution < 1.29 is 0 Å². The molecule has 2 rings (SSSR count). The molecule has 2 aliphatic rings. The molecule has 0 saturated heterocycles. The number of hydrogen-bond donors (Lipinski definition) is 1. The molecule has 0 unspecified atom stereocenters. The van der Waals surface area contributed by atoms with Crippen LogP contribution in [-0.4, -0.2) is 16.5 Å². The summed E-state index contributed by atoms with van der Waals surface area (Å²) in [7, 11) is 0. The van der Waals surface area contributed by atoms with Crippen molar-refractivity contribution in [3.05, 3.63) is 12.2 Å². The number of allylic oxidation sites excluding steroid dienone is 2. The maximum atomic E-state index is 5.93. The molecule has 1 nitrogen and oxygen atoms in total. The summed E-state index contributed by atoms with van der Waals surface area (Å²) in [6.07, 6.45) is 14.2. The highest BCUT2D eigenvalue weighted by atomic mass is 32.2. The molecular formula is C12H21NS. The second kappa shape index (κ2) is 4.71. The van der Waals surface area contributed by atoms with Gasteiger partial charge in [0.25, 0.3) is 0 Å². The highest BCUT2D eigenvalue weighted by molar-refractivity contribution is 8.01. The third-order valence-electron chi connectivity index (χ3n) is 3.49. The maximum Gasteiger partial charge on any atom is 0.0353 e. The first-order valence-corrected chi connectivity index (χ1v) is 6.75. The second-order valence-corrected chi connectivity index (χ2v) is 6.41. The highest BCUT2D eigenvalue weighted by Gasteiger charge is 2.33. The fraction of sp³-hybridized carbons (Fsp3) is 0.833. The van der Waals surface area contributed by atoms with E-state index in [2.05, 4.69) is 23.9 Å². The fourth-order valence-corrected chi connectivity index (χ4v) is 4.28. The molecule has 0 aromatic carbocycles. The van der Waals surface area contributed by atoms with E-state index in [1.807, 2.05) is 0 Å². The van der Waals surface area contributed by atoms with E-state index >= 15 is 0 Å². The summed E-state index contributed by atoms with van der Waals surface area (Å²) in [5, 5.41) is 0.896.